The molecule has 1 atom stereocenters. The molecule has 0 amide bonds. The Morgan fingerprint density at radius 3 is 2.60 bits per heavy atom. The van der Waals surface area contributed by atoms with Gasteiger partial charge in [-0.05, 0) is 65.9 Å². The van der Waals surface area contributed by atoms with E-state index < -0.39 is 0 Å². The van der Waals surface area contributed by atoms with E-state index in [1.807, 2.05) is 13.0 Å². The van der Waals surface area contributed by atoms with Crippen LogP contribution in [0.1, 0.15) is 24.5 Å². The van der Waals surface area contributed by atoms with E-state index in [0.717, 1.165) is 34.3 Å². The fourth-order valence-corrected chi connectivity index (χ4v) is 2.65. The molecule has 2 aromatic carbocycles. The van der Waals surface area contributed by atoms with Crippen molar-refractivity contribution in [3.8, 4) is 0 Å². The third kappa shape index (κ3) is 4.01. The zero-order chi connectivity index (χ0) is 14.5. The number of hydrogen-bond acceptors (Lipinski definition) is 2. The van der Waals surface area contributed by atoms with E-state index in [4.69, 9.17) is 5.73 Å². The average molecular weight is 333 g/mol. The summed E-state index contributed by atoms with van der Waals surface area (Å²) in [5, 5.41) is 3.55. The standard InChI is InChI=1S/C17H21BrN2/c1-12-10-17(15(18)11-16(12)19)20-13(2)8-9-14-6-4-3-5-7-14/h3-7,10-11,13,20H,8-9,19H2,1-2H3. The highest BCUT2D eigenvalue weighted by Gasteiger charge is 2.07. The first-order valence-electron chi connectivity index (χ1n) is 6.92. The van der Waals surface area contributed by atoms with Crippen LogP contribution in [0.2, 0.25) is 0 Å². The SMILES string of the molecule is Cc1cc(NC(C)CCc2ccccc2)c(Br)cc1N. The van der Waals surface area contributed by atoms with Gasteiger partial charge in [-0.2, -0.15) is 0 Å². The fourth-order valence-electron chi connectivity index (χ4n) is 2.17. The second kappa shape index (κ2) is 6.80. The minimum atomic E-state index is 0.412. The Morgan fingerprint density at radius 1 is 1.20 bits per heavy atom. The molecule has 2 nitrogen and oxygen atoms in total. The van der Waals surface area contributed by atoms with E-state index >= 15 is 0 Å². The summed E-state index contributed by atoms with van der Waals surface area (Å²) in [7, 11) is 0. The normalized spacial score (nSPS) is 12.2. The fraction of sp³-hybridized carbons (Fsp3) is 0.294. The topological polar surface area (TPSA) is 38.0 Å². The molecule has 0 aromatic heterocycles. The summed E-state index contributed by atoms with van der Waals surface area (Å²) in [6.45, 7) is 4.24. The van der Waals surface area contributed by atoms with Crippen LogP contribution in [0.5, 0.6) is 0 Å². The first-order chi connectivity index (χ1) is 9.56. The maximum atomic E-state index is 5.90. The van der Waals surface area contributed by atoms with Gasteiger partial charge in [-0.15, -0.1) is 0 Å². The second-order valence-corrected chi connectivity index (χ2v) is 6.11. The van der Waals surface area contributed by atoms with Gasteiger partial charge in [0, 0.05) is 21.9 Å². The molecular formula is C17H21BrN2. The molecule has 0 aliphatic rings. The van der Waals surface area contributed by atoms with Crippen molar-refractivity contribution in [3.05, 3.63) is 58.1 Å². The van der Waals surface area contributed by atoms with Crippen molar-refractivity contribution in [1.82, 2.24) is 0 Å². The predicted octanol–water partition coefficient (Wildman–Crippen LogP) is 4.77. The zero-order valence-corrected chi connectivity index (χ0v) is 13.6. The monoisotopic (exact) mass is 332 g/mol. The third-order valence-corrected chi connectivity index (χ3v) is 4.12. The number of nitrogen functional groups attached to an aromatic ring is 1. The molecule has 0 bridgehead atoms. The van der Waals surface area contributed by atoms with E-state index in [2.05, 4.69) is 64.6 Å². The minimum Gasteiger partial charge on any atom is -0.398 e. The zero-order valence-electron chi connectivity index (χ0n) is 12.0. The van der Waals surface area contributed by atoms with E-state index in [1.165, 1.54) is 5.56 Å². The molecule has 0 aliphatic carbocycles. The van der Waals surface area contributed by atoms with Crippen molar-refractivity contribution >= 4 is 27.3 Å². The van der Waals surface area contributed by atoms with Crippen LogP contribution in [0.3, 0.4) is 0 Å². The van der Waals surface area contributed by atoms with Gasteiger partial charge in [0.05, 0.1) is 0 Å². The Kier molecular flexibility index (Phi) is 5.07. The molecule has 0 aliphatic heterocycles. The molecule has 0 spiro atoms. The number of aryl methyl sites for hydroxylation is 2. The Bertz CT molecular complexity index is 567. The smallest absolute Gasteiger partial charge is 0.0490 e. The number of nitrogens with one attached hydrogen (secondary N) is 1. The van der Waals surface area contributed by atoms with E-state index in [-0.39, 0.29) is 0 Å². The summed E-state index contributed by atoms with van der Waals surface area (Å²) in [5.41, 5.74) is 10.3. The maximum Gasteiger partial charge on any atom is 0.0490 e. The predicted molar refractivity (Wildman–Crippen MR) is 91.1 cm³/mol. The molecule has 2 rings (SSSR count). The lowest BCUT2D eigenvalue weighted by Crippen LogP contribution is -2.16. The highest BCUT2D eigenvalue weighted by molar-refractivity contribution is 9.10. The molecule has 0 saturated carbocycles. The van der Waals surface area contributed by atoms with E-state index in [1.54, 1.807) is 0 Å². The minimum absolute atomic E-state index is 0.412. The Morgan fingerprint density at radius 2 is 1.90 bits per heavy atom. The molecule has 2 aromatic rings. The van der Waals surface area contributed by atoms with Gasteiger partial charge < -0.3 is 11.1 Å². The molecule has 3 heteroatoms. The molecule has 0 radical (unpaired) electrons. The molecule has 1 unspecified atom stereocenters. The molecular weight excluding hydrogens is 312 g/mol. The third-order valence-electron chi connectivity index (χ3n) is 3.47. The van der Waals surface area contributed by atoms with Gasteiger partial charge in [-0.25, -0.2) is 0 Å². The summed E-state index contributed by atoms with van der Waals surface area (Å²) in [6.07, 6.45) is 2.18. The number of halogens is 1. The Labute approximate surface area is 129 Å². The number of nitrogens with two attached hydrogens (primary N) is 1. The lowest BCUT2D eigenvalue weighted by molar-refractivity contribution is 0.706. The number of hydrogen-bond donors (Lipinski definition) is 2. The molecule has 20 heavy (non-hydrogen) atoms. The Balaban J connectivity index is 1.95. The quantitative estimate of drug-likeness (QED) is 0.773. The van der Waals surface area contributed by atoms with Gasteiger partial charge in [0.25, 0.3) is 0 Å². The highest BCUT2D eigenvalue weighted by atomic mass is 79.9. The van der Waals surface area contributed by atoms with Crippen LogP contribution < -0.4 is 11.1 Å². The number of anilines is 2. The summed E-state index contributed by atoms with van der Waals surface area (Å²) < 4.78 is 1.02. The number of benzene rings is 2. The van der Waals surface area contributed by atoms with Gasteiger partial charge in [0.15, 0.2) is 0 Å². The highest BCUT2D eigenvalue weighted by Crippen LogP contribution is 2.28. The molecule has 0 fully saturated rings. The van der Waals surface area contributed by atoms with Crippen molar-refractivity contribution < 1.29 is 0 Å². The number of rotatable bonds is 5. The van der Waals surface area contributed by atoms with Crippen molar-refractivity contribution in [1.29, 1.82) is 0 Å². The van der Waals surface area contributed by atoms with Crippen LogP contribution in [0.15, 0.2) is 46.9 Å². The molecule has 106 valence electrons. The van der Waals surface area contributed by atoms with Crippen molar-refractivity contribution in [2.24, 2.45) is 0 Å². The van der Waals surface area contributed by atoms with E-state index in [9.17, 15) is 0 Å². The van der Waals surface area contributed by atoms with Crippen LogP contribution in [-0.4, -0.2) is 6.04 Å². The van der Waals surface area contributed by atoms with E-state index in [0.29, 0.717) is 6.04 Å². The van der Waals surface area contributed by atoms with Crippen molar-refractivity contribution in [3.63, 3.8) is 0 Å². The average Bonchev–Trinajstić information content (AvgIpc) is 2.44. The summed E-state index contributed by atoms with van der Waals surface area (Å²) in [6, 6.07) is 15.1. The van der Waals surface area contributed by atoms with Gasteiger partial charge in [0.1, 0.15) is 0 Å². The van der Waals surface area contributed by atoms with Gasteiger partial charge in [-0.3, -0.25) is 0 Å². The van der Waals surface area contributed by atoms with Gasteiger partial charge in [0.2, 0.25) is 0 Å². The summed E-state index contributed by atoms with van der Waals surface area (Å²) in [4.78, 5) is 0. The van der Waals surface area contributed by atoms with Crippen molar-refractivity contribution in [2.75, 3.05) is 11.1 Å². The van der Waals surface area contributed by atoms with Crippen molar-refractivity contribution in [2.45, 2.75) is 32.7 Å². The maximum absolute atomic E-state index is 5.90. The van der Waals surface area contributed by atoms with Gasteiger partial charge in [-0.1, -0.05) is 30.3 Å². The molecule has 0 saturated heterocycles. The summed E-state index contributed by atoms with van der Waals surface area (Å²) >= 11 is 3.56. The summed E-state index contributed by atoms with van der Waals surface area (Å²) in [5.74, 6) is 0. The Hall–Kier alpha value is -1.48. The van der Waals surface area contributed by atoms with Crippen LogP contribution in [0, 0.1) is 6.92 Å². The first-order valence-corrected chi connectivity index (χ1v) is 7.71. The van der Waals surface area contributed by atoms with Crippen LogP contribution in [0.25, 0.3) is 0 Å². The largest absolute Gasteiger partial charge is 0.398 e. The second-order valence-electron chi connectivity index (χ2n) is 5.26. The van der Waals surface area contributed by atoms with Crippen LogP contribution in [-0.2, 0) is 6.42 Å². The molecule has 0 heterocycles. The first kappa shape index (κ1) is 14.9. The van der Waals surface area contributed by atoms with Gasteiger partial charge >= 0.3 is 0 Å². The molecule has 3 N–H and O–H groups in total. The van der Waals surface area contributed by atoms with Crippen LogP contribution in [0.4, 0.5) is 11.4 Å². The lowest BCUT2D eigenvalue weighted by atomic mass is 10.1. The van der Waals surface area contributed by atoms with Crippen LogP contribution >= 0.6 is 15.9 Å². The lowest BCUT2D eigenvalue weighted by Gasteiger charge is -2.17.